The third kappa shape index (κ3) is 5.23. The molecule has 2 amide bonds. The van der Waals surface area contributed by atoms with E-state index < -0.39 is 0 Å². The molecule has 1 N–H and O–H groups in total. The van der Waals surface area contributed by atoms with Crippen molar-refractivity contribution in [2.24, 2.45) is 5.92 Å². The minimum absolute atomic E-state index is 0.0426. The molecule has 32 heavy (non-hydrogen) atoms. The van der Waals surface area contributed by atoms with Crippen LogP contribution in [-0.4, -0.2) is 29.8 Å². The van der Waals surface area contributed by atoms with E-state index in [1.807, 2.05) is 24.3 Å². The molecule has 3 aromatic carbocycles. The second-order valence-electron chi connectivity index (χ2n) is 7.59. The van der Waals surface area contributed by atoms with Crippen LogP contribution in [0, 0.1) is 5.92 Å². The van der Waals surface area contributed by atoms with Crippen molar-refractivity contribution >= 4 is 40.7 Å². The van der Waals surface area contributed by atoms with Gasteiger partial charge in [0.25, 0.3) is 5.91 Å². The fraction of sp³-hybridized carbons (Fsp3) is 0.200. The molecule has 0 radical (unpaired) electrons. The molecule has 7 heteroatoms. The van der Waals surface area contributed by atoms with Crippen LogP contribution < -0.4 is 10.1 Å². The molecule has 1 fully saturated rings. The van der Waals surface area contributed by atoms with Crippen LogP contribution in [0.2, 0.25) is 10.0 Å². The lowest BCUT2D eigenvalue weighted by Gasteiger charge is -2.31. The Morgan fingerprint density at radius 3 is 2.16 bits per heavy atom. The van der Waals surface area contributed by atoms with Gasteiger partial charge in [-0.3, -0.25) is 9.59 Å². The van der Waals surface area contributed by atoms with Crippen LogP contribution in [0.1, 0.15) is 23.2 Å². The highest BCUT2D eigenvalue weighted by atomic mass is 35.5. The number of likely N-dealkylation sites (tertiary alicyclic amines) is 1. The Hall–Kier alpha value is -3.02. The maximum absolute atomic E-state index is 12.9. The Morgan fingerprint density at radius 1 is 0.844 bits per heavy atom. The third-order valence-electron chi connectivity index (χ3n) is 5.45. The maximum Gasteiger partial charge on any atom is 0.253 e. The summed E-state index contributed by atoms with van der Waals surface area (Å²) in [6.07, 6.45) is 1.19. The zero-order chi connectivity index (χ0) is 22.5. The Morgan fingerprint density at radius 2 is 1.47 bits per heavy atom. The number of amides is 2. The van der Waals surface area contributed by atoms with Gasteiger partial charge >= 0.3 is 0 Å². The summed E-state index contributed by atoms with van der Waals surface area (Å²) in [5.41, 5.74) is 1.18. The molecule has 0 saturated carbocycles. The first-order valence-electron chi connectivity index (χ1n) is 10.4. The van der Waals surface area contributed by atoms with Crippen molar-refractivity contribution in [3.8, 4) is 11.5 Å². The maximum atomic E-state index is 12.9. The fourth-order valence-electron chi connectivity index (χ4n) is 3.66. The highest BCUT2D eigenvalue weighted by Gasteiger charge is 2.28. The van der Waals surface area contributed by atoms with Gasteiger partial charge in [-0.25, -0.2) is 0 Å². The first kappa shape index (κ1) is 22.2. The number of rotatable bonds is 5. The van der Waals surface area contributed by atoms with E-state index in [1.165, 1.54) is 0 Å². The molecule has 1 aliphatic rings. The fourth-order valence-corrected chi connectivity index (χ4v) is 3.96. The molecule has 1 aliphatic heterocycles. The van der Waals surface area contributed by atoms with E-state index in [-0.39, 0.29) is 17.7 Å². The largest absolute Gasteiger partial charge is 0.454 e. The summed E-state index contributed by atoms with van der Waals surface area (Å²) >= 11 is 12.1. The first-order valence-corrected chi connectivity index (χ1v) is 11.1. The van der Waals surface area contributed by atoms with Crippen LogP contribution in [0.5, 0.6) is 11.5 Å². The van der Waals surface area contributed by atoms with Crippen molar-refractivity contribution in [1.29, 1.82) is 0 Å². The lowest BCUT2D eigenvalue weighted by atomic mass is 9.95. The standard InChI is InChI=1S/C25H22Cl2N2O3/c26-19-11-9-18(10-12-19)25(31)29-15-13-17(14-16-29)24(30)28-21-6-2-4-8-23(21)32-22-7-3-1-5-20(22)27/h1-12,17H,13-16H2,(H,28,30). The van der Waals surface area contributed by atoms with E-state index in [0.29, 0.717) is 58.7 Å². The lowest BCUT2D eigenvalue weighted by molar-refractivity contribution is -0.121. The summed E-state index contributed by atoms with van der Waals surface area (Å²) in [5.74, 6) is 0.727. The second-order valence-corrected chi connectivity index (χ2v) is 8.43. The Kier molecular flexibility index (Phi) is 6.98. The molecule has 1 saturated heterocycles. The van der Waals surface area contributed by atoms with Crippen molar-refractivity contribution < 1.29 is 14.3 Å². The van der Waals surface area contributed by atoms with Gasteiger partial charge in [-0.2, -0.15) is 0 Å². The van der Waals surface area contributed by atoms with Gasteiger partial charge in [0, 0.05) is 29.6 Å². The molecular formula is C25H22Cl2N2O3. The minimum Gasteiger partial charge on any atom is -0.454 e. The topological polar surface area (TPSA) is 58.6 Å². The number of hydrogen-bond acceptors (Lipinski definition) is 3. The van der Waals surface area contributed by atoms with Crippen LogP contribution >= 0.6 is 23.2 Å². The van der Waals surface area contributed by atoms with Crippen molar-refractivity contribution in [3.05, 3.63) is 88.4 Å². The lowest BCUT2D eigenvalue weighted by Crippen LogP contribution is -2.41. The summed E-state index contributed by atoms with van der Waals surface area (Å²) in [5, 5.41) is 4.06. The number of hydrogen-bond donors (Lipinski definition) is 1. The molecule has 0 bridgehead atoms. The molecule has 3 aromatic rings. The molecule has 5 nitrogen and oxygen atoms in total. The molecule has 0 aromatic heterocycles. The van der Waals surface area contributed by atoms with Gasteiger partial charge in [0.15, 0.2) is 5.75 Å². The number of piperidine rings is 1. The zero-order valence-electron chi connectivity index (χ0n) is 17.3. The van der Waals surface area contributed by atoms with E-state index in [9.17, 15) is 9.59 Å². The van der Waals surface area contributed by atoms with Crippen molar-refractivity contribution in [2.75, 3.05) is 18.4 Å². The summed E-state index contributed by atoms with van der Waals surface area (Å²) in [4.78, 5) is 27.4. The Labute approximate surface area is 196 Å². The quantitative estimate of drug-likeness (QED) is 0.479. The predicted molar refractivity (Wildman–Crippen MR) is 127 cm³/mol. The number of halogens is 2. The Balaban J connectivity index is 1.37. The Bertz CT molecular complexity index is 1110. The van der Waals surface area contributed by atoms with Gasteiger partial charge < -0.3 is 15.0 Å². The van der Waals surface area contributed by atoms with Crippen molar-refractivity contribution in [2.45, 2.75) is 12.8 Å². The molecule has 4 rings (SSSR count). The number of anilines is 1. The van der Waals surface area contributed by atoms with E-state index in [0.717, 1.165) is 0 Å². The predicted octanol–water partition coefficient (Wildman–Crippen LogP) is 6.28. The number of benzene rings is 3. The third-order valence-corrected chi connectivity index (χ3v) is 6.01. The minimum atomic E-state index is -0.183. The van der Waals surface area contributed by atoms with Crippen LogP contribution in [-0.2, 0) is 4.79 Å². The molecule has 0 unspecified atom stereocenters. The zero-order valence-corrected chi connectivity index (χ0v) is 18.8. The number of para-hydroxylation sites is 3. The van der Waals surface area contributed by atoms with E-state index in [1.54, 1.807) is 53.4 Å². The van der Waals surface area contributed by atoms with Crippen molar-refractivity contribution in [1.82, 2.24) is 4.90 Å². The number of ether oxygens (including phenoxy) is 1. The molecule has 0 spiro atoms. The molecule has 164 valence electrons. The van der Waals surface area contributed by atoms with Crippen LogP contribution in [0.4, 0.5) is 5.69 Å². The van der Waals surface area contributed by atoms with Gasteiger partial charge in [-0.1, -0.05) is 47.5 Å². The van der Waals surface area contributed by atoms with E-state index in [4.69, 9.17) is 27.9 Å². The number of nitrogens with zero attached hydrogens (tertiary/aromatic N) is 1. The number of carbonyl (C=O) groups is 2. The number of nitrogens with one attached hydrogen (secondary N) is 1. The molecule has 1 heterocycles. The SMILES string of the molecule is O=C(Nc1ccccc1Oc1ccccc1Cl)C1CCN(C(=O)c2ccc(Cl)cc2)CC1. The molecule has 0 atom stereocenters. The van der Waals surface area contributed by atoms with Gasteiger partial charge in [0.2, 0.25) is 5.91 Å². The van der Waals surface area contributed by atoms with Gasteiger partial charge in [0.1, 0.15) is 5.75 Å². The first-order chi connectivity index (χ1) is 15.5. The average molecular weight is 469 g/mol. The smallest absolute Gasteiger partial charge is 0.253 e. The van der Waals surface area contributed by atoms with Crippen LogP contribution in [0.25, 0.3) is 0 Å². The monoisotopic (exact) mass is 468 g/mol. The van der Waals surface area contributed by atoms with Crippen LogP contribution in [0.3, 0.4) is 0 Å². The normalized spacial score (nSPS) is 14.1. The highest BCUT2D eigenvalue weighted by Crippen LogP contribution is 2.34. The molecular weight excluding hydrogens is 447 g/mol. The summed E-state index contributed by atoms with van der Waals surface area (Å²) in [7, 11) is 0. The highest BCUT2D eigenvalue weighted by molar-refractivity contribution is 6.32. The number of carbonyl (C=O) groups excluding carboxylic acids is 2. The second kappa shape index (κ2) is 10.1. The van der Waals surface area contributed by atoms with Crippen molar-refractivity contribution in [3.63, 3.8) is 0 Å². The summed E-state index contributed by atoms with van der Waals surface area (Å²) in [6.45, 7) is 1.05. The van der Waals surface area contributed by atoms with Gasteiger partial charge in [-0.05, 0) is 61.4 Å². The average Bonchev–Trinajstić information content (AvgIpc) is 2.82. The van der Waals surface area contributed by atoms with Gasteiger partial charge in [-0.15, -0.1) is 0 Å². The van der Waals surface area contributed by atoms with E-state index >= 15 is 0 Å². The van der Waals surface area contributed by atoms with Crippen LogP contribution in [0.15, 0.2) is 72.8 Å². The summed E-state index contributed by atoms with van der Waals surface area (Å²) < 4.78 is 5.93. The van der Waals surface area contributed by atoms with Gasteiger partial charge in [0.05, 0.1) is 10.7 Å². The molecule has 0 aliphatic carbocycles. The summed E-state index contributed by atoms with van der Waals surface area (Å²) in [6, 6.07) is 21.3. The van der Waals surface area contributed by atoms with E-state index in [2.05, 4.69) is 5.32 Å².